The molecular formula is C16H28N4O. The molecule has 5 nitrogen and oxygen atoms in total. The zero-order valence-electron chi connectivity index (χ0n) is 13.9. The highest BCUT2D eigenvalue weighted by Crippen LogP contribution is 2.19. The highest BCUT2D eigenvalue weighted by Gasteiger charge is 2.29. The number of aromatic nitrogens is 2. The third-order valence-corrected chi connectivity index (χ3v) is 3.94. The first-order valence-electron chi connectivity index (χ1n) is 7.93. The van der Waals surface area contributed by atoms with Crippen LogP contribution in [0.4, 0.5) is 0 Å². The van der Waals surface area contributed by atoms with Crippen molar-refractivity contribution in [2.24, 2.45) is 0 Å². The second-order valence-corrected chi connectivity index (χ2v) is 6.90. The van der Waals surface area contributed by atoms with E-state index in [2.05, 4.69) is 38.1 Å². The van der Waals surface area contributed by atoms with Crippen LogP contribution in [0.15, 0.2) is 6.07 Å². The first-order chi connectivity index (χ1) is 9.84. The summed E-state index contributed by atoms with van der Waals surface area (Å²) in [5.74, 6) is 0.0663. The Kier molecular flexibility index (Phi) is 4.71. The van der Waals surface area contributed by atoms with Gasteiger partial charge in [-0.25, -0.2) is 0 Å². The van der Waals surface area contributed by atoms with Gasteiger partial charge in [0.2, 0.25) is 0 Å². The maximum atomic E-state index is 12.8. The normalized spacial score (nSPS) is 19.0. The Balaban J connectivity index is 2.24. The van der Waals surface area contributed by atoms with Crippen LogP contribution >= 0.6 is 0 Å². The van der Waals surface area contributed by atoms with Crippen LogP contribution in [0.2, 0.25) is 0 Å². The van der Waals surface area contributed by atoms with E-state index in [0.29, 0.717) is 11.7 Å². The lowest BCUT2D eigenvalue weighted by atomic mass is 10.1. The molecule has 2 heterocycles. The molecule has 1 unspecified atom stereocenters. The van der Waals surface area contributed by atoms with Gasteiger partial charge in [0.1, 0.15) is 0 Å². The van der Waals surface area contributed by atoms with Crippen molar-refractivity contribution in [3.8, 4) is 0 Å². The average molecular weight is 292 g/mol. The molecule has 0 aliphatic carbocycles. The van der Waals surface area contributed by atoms with Crippen molar-refractivity contribution in [1.82, 2.24) is 20.0 Å². The number of amides is 1. The number of hydrogen-bond acceptors (Lipinski definition) is 3. The SMILES string of the molecule is CCCN(C(=O)c1cc(C)n(C(C)(C)C)n1)C1CCNC1. The molecule has 1 aliphatic heterocycles. The maximum absolute atomic E-state index is 12.8. The summed E-state index contributed by atoms with van der Waals surface area (Å²) in [7, 11) is 0. The Bertz CT molecular complexity index is 495. The Morgan fingerprint density at radius 2 is 2.24 bits per heavy atom. The van der Waals surface area contributed by atoms with Gasteiger partial charge in [-0.05, 0) is 53.1 Å². The summed E-state index contributed by atoms with van der Waals surface area (Å²) >= 11 is 0. The lowest BCUT2D eigenvalue weighted by Gasteiger charge is -2.27. The Labute approximate surface area is 127 Å². The van der Waals surface area contributed by atoms with E-state index in [4.69, 9.17) is 0 Å². The molecule has 1 amide bonds. The summed E-state index contributed by atoms with van der Waals surface area (Å²) in [6.45, 7) is 13.1. The zero-order valence-corrected chi connectivity index (χ0v) is 13.9. The van der Waals surface area contributed by atoms with E-state index in [1.54, 1.807) is 0 Å². The van der Waals surface area contributed by atoms with Crippen molar-refractivity contribution in [2.75, 3.05) is 19.6 Å². The molecule has 1 aliphatic rings. The largest absolute Gasteiger partial charge is 0.333 e. The molecule has 21 heavy (non-hydrogen) atoms. The van der Waals surface area contributed by atoms with E-state index < -0.39 is 0 Å². The van der Waals surface area contributed by atoms with Crippen molar-refractivity contribution in [3.63, 3.8) is 0 Å². The fraction of sp³-hybridized carbons (Fsp3) is 0.750. The first-order valence-corrected chi connectivity index (χ1v) is 7.93. The predicted octanol–water partition coefficient (Wildman–Crippen LogP) is 2.16. The first kappa shape index (κ1) is 16.0. The van der Waals surface area contributed by atoms with Gasteiger partial charge in [0, 0.05) is 24.8 Å². The molecule has 0 bridgehead atoms. The van der Waals surface area contributed by atoms with Crippen LogP contribution in [0.3, 0.4) is 0 Å². The van der Waals surface area contributed by atoms with Crippen LogP contribution in [-0.4, -0.2) is 46.3 Å². The number of hydrogen-bond donors (Lipinski definition) is 1. The van der Waals surface area contributed by atoms with Crippen molar-refractivity contribution < 1.29 is 4.79 Å². The molecule has 0 saturated carbocycles. The number of aryl methyl sites for hydroxylation is 1. The molecular weight excluding hydrogens is 264 g/mol. The molecule has 5 heteroatoms. The van der Waals surface area contributed by atoms with Crippen LogP contribution < -0.4 is 5.32 Å². The van der Waals surface area contributed by atoms with Crippen LogP contribution in [0.1, 0.15) is 56.7 Å². The van der Waals surface area contributed by atoms with Gasteiger partial charge < -0.3 is 10.2 Å². The summed E-state index contributed by atoms with van der Waals surface area (Å²) in [4.78, 5) is 14.8. The Hall–Kier alpha value is -1.36. The monoisotopic (exact) mass is 292 g/mol. The van der Waals surface area contributed by atoms with E-state index in [0.717, 1.165) is 38.2 Å². The van der Waals surface area contributed by atoms with Gasteiger partial charge >= 0.3 is 0 Å². The Morgan fingerprint density at radius 3 is 2.71 bits per heavy atom. The summed E-state index contributed by atoms with van der Waals surface area (Å²) < 4.78 is 1.94. The molecule has 0 radical (unpaired) electrons. The highest BCUT2D eigenvalue weighted by atomic mass is 16.2. The lowest BCUT2D eigenvalue weighted by Crippen LogP contribution is -2.42. The third-order valence-electron chi connectivity index (χ3n) is 3.94. The molecule has 118 valence electrons. The quantitative estimate of drug-likeness (QED) is 0.925. The summed E-state index contributed by atoms with van der Waals surface area (Å²) in [6, 6.07) is 2.22. The molecule has 2 rings (SSSR count). The molecule has 1 fully saturated rings. The van der Waals surface area contributed by atoms with Crippen molar-refractivity contribution in [1.29, 1.82) is 0 Å². The molecule has 1 saturated heterocycles. The number of carbonyl (C=O) groups is 1. The number of rotatable bonds is 4. The van der Waals surface area contributed by atoms with Gasteiger partial charge in [-0.15, -0.1) is 0 Å². The summed E-state index contributed by atoms with van der Waals surface area (Å²) in [5, 5.41) is 7.90. The fourth-order valence-corrected chi connectivity index (χ4v) is 3.00. The van der Waals surface area contributed by atoms with Gasteiger partial charge in [0.15, 0.2) is 5.69 Å². The molecule has 1 aromatic rings. The molecule has 1 atom stereocenters. The average Bonchev–Trinajstić information content (AvgIpc) is 3.03. The highest BCUT2D eigenvalue weighted by molar-refractivity contribution is 5.92. The topological polar surface area (TPSA) is 50.2 Å². The van der Waals surface area contributed by atoms with Crippen LogP contribution in [-0.2, 0) is 5.54 Å². The van der Waals surface area contributed by atoms with Gasteiger partial charge in [0.25, 0.3) is 5.91 Å². The van der Waals surface area contributed by atoms with Gasteiger partial charge in [0.05, 0.1) is 5.54 Å². The van der Waals surface area contributed by atoms with E-state index >= 15 is 0 Å². The standard InChI is InChI=1S/C16H28N4O/c1-6-9-19(13-7-8-17-11-13)15(21)14-10-12(2)20(18-14)16(3,4)5/h10,13,17H,6-9,11H2,1-5H3. The molecule has 1 N–H and O–H groups in total. The van der Waals surface area contributed by atoms with E-state index in [1.165, 1.54) is 0 Å². The fourth-order valence-electron chi connectivity index (χ4n) is 3.00. The molecule has 0 aromatic carbocycles. The molecule has 0 spiro atoms. The van der Waals surface area contributed by atoms with E-state index in [-0.39, 0.29) is 11.4 Å². The number of nitrogens with zero attached hydrogens (tertiary/aromatic N) is 3. The summed E-state index contributed by atoms with van der Waals surface area (Å²) in [6.07, 6.45) is 2.01. The minimum atomic E-state index is -0.104. The second kappa shape index (κ2) is 6.18. The molecule has 1 aromatic heterocycles. The van der Waals surface area contributed by atoms with Crippen molar-refractivity contribution in [3.05, 3.63) is 17.5 Å². The van der Waals surface area contributed by atoms with Crippen LogP contribution in [0.25, 0.3) is 0 Å². The van der Waals surface area contributed by atoms with Gasteiger partial charge in [-0.2, -0.15) is 5.10 Å². The summed E-state index contributed by atoms with van der Waals surface area (Å²) in [5.41, 5.74) is 1.50. The lowest BCUT2D eigenvalue weighted by molar-refractivity contribution is 0.0684. The predicted molar refractivity (Wildman–Crippen MR) is 84.6 cm³/mol. The zero-order chi connectivity index (χ0) is 15.6. The van der Waals surface area contributed by atoms with Crippen LogP contribution in [0, 0.1) is 6.92 Å². The van der Waals surface area contributed by atoms with Crippen LogP contribution in [0.5, 0.6) is 0 Å². The Morgan fingerprint density at radius 1 is 1.52 bits per heavy atom. The minimum Gasteiger partial charge on any atom is -0.333 e. The van der Waals surface area contributed by atoms with Crippen molar-refractivity contribution >= 4 is 5.91 Å². The van der Waals surface area contributed by atoms with E-state index in [1.807, 2.05) is 22.6 Å². The maximum Gasteiger partial charge on any atom is 0.274 e. The minimum absolute atomic E-state index is 0.0663. The van der Waals surface area contributed by atoms with E-state index in [9.17, 15) is 4.79 Å². The number of nitrogens with one attached hydrogen (secondary N) is 1. The van der Waals surface area contributed by atoms with Crippen molar-refractivity contribution in [2.45, 2.75) is 59.0 Å². The van der Waals surface area contributed by atoms with Gasteiger partial charge in [-0.1, -0.05) is 6.92 Å². The number of carbonyl (C=O) groups excluding carboxylic acids is 1. The smallest absolute Gasteiger partial charge is 0.274 e. The second-order valence-electron chi connectivity index (χ2n) is 6.90. The third kappa shape index (κ3) is 3.46. The van der Waals surface area contributed by atoms with Gasteiger partial charge in [-0.3, -0.25) is 9.48 Å².